The smallest absolute Gasteiger partial charge is 0.247 e. The fourth-order valence-electron chi connectivity index (χ4n) is 3.40. The Bertz CT molecular complexity index is 1090. The lowest BCUT2D eigenvalue weighted by Crippen LogP contribution is -2.42. The molecule has 8 heteroatoms. The molecule has 0 aliphatic carbocycles. The number of sulfonamides is 1. The zero-order chi connectivity index (χ0) is 19.2. The van der Waals surface area contributed by atoms with Crippen LogP contribution in [0.4, 0.5) is 13.2 Å². The van der Waals surface area contributed by atoms with Crippen molar-refractivity contribution >= 4 is 10.0 Å². The van der Waals surface area contributed by atoms with Gasteiger partial charge < -0.3 is 4.57 Å². The van der Waals surface area contributed by atoms with Gasteiger partial charge in [0.25, 0.3) is 0 Å². The van der Waals surface area contributed by atoms with E-state index in [2.05, 4.69) is 0 Å². The molecule has 27 heavy (non-hydrogen) atoms. The van der Waals surface area contributed by atoms with Crippen molar-refractivity contribution in [3.8, 4) is 0 Å². The number of hydrogen-bond acceptors (Lipinski definition) is 2. The summed E-state index contributed by atoms with van der Waals surface area (Å²) in [7, 11) is -4.33. The third-order valence-electron chi connectivity index (χ3n) is 4.66. The summed E-state index contributed by atoms with van der Waals surface area (Å²) in [4.78, 5) is -0.713. The predicted octanol–water partition coefficient (Wildman–Crippen LogP) is 3.70. The van der Waals surface area contributed by atoms with E-state index in [9.17, 15) is 21.6 Å². The number of fused-ring (bicyclic) bond motifs is 1. The molecule has 2 heterocycles. The largest absolute Gasteiger partial charge is 0.348 e. The van der Waals surface area contributed by atoms with Gasteiger partial charge in [0.15, 0.2) is 0 Å². The Labute approximate surface area is 154 Å². The van der Waals surface area contributed by atoms with Crippen LogP contribution in [0, 0.1) is 17.5 Å². The molecular formula is C19H15F3N2O2S. The topological polar surface area (TPSA) is 42.3 Å². The first-order valence-corrected chi connectivity index (χ1v) is 9.69. The summed E-state index contributed by atoms with van der Waals surface area (Å²) in [6.07, 6.45) is 1.82. The number of hydrogen-bond donors (Lipinski definition) is 0. The Hall–Kier alpha value is -2.58. The van der Waals surface area contributed by atoms with E-state index in [0.29, 0.717) is 23.9 Å². The second-order valence-electron chi connectivity index (χ2n) is 6.27. The lowest BCUT2D eigenvalue weighted by molar-refractivity contribution is 0.297. The van der Waals surface area contributed by atoms with Gasteiger partial charge in [-0.3, -0.25) is 0 Å². The highest BCUT2D eigenvalue weighted by Gasteiger charge is 2.38. The molecule has 2 aromatic carbocycles. The fraction of sp³-hybridized carbons (Fsp3) is 0.158. The molecule has 0 fully saturated rings. The Kier molecular flexibility index (Phi) is 4.32. The molecule has 4 rings (SSSR count). The van der Waals surface area contributed by atoms with E-state index in [0.717, 1.165) is 16.4 Å². The Morgan fingerprint density at radius 2 is 1.59 bits per heavy atom. The molecule has 4 nitrogen and oxygen atoms in total. The lowest BCUT2D eigenvalue weighted by atomic mass is 10.0. The van der Waals surface area contributed by atoms with Crippen molar-refractivity contribution in [2.24, 2.45) is 0 Å². The number of halogens is 3. The number of benzene rings is 2. The van der Waals surface area contributed by atoms with Crippen LogP contribution < -0.4 is 0 Å². The average molecular weight is 392 g/mol. The zero-order valence-corrected chi connectivity index (χ0v) is 14.8. The lowest BCUT2D eigenvalue weighted by Gasteiger charge is -2.36. The highest BCUT2D eigenvalue weighted by molar-refractivity contribution is 7.89. The summed E-state index contributed by atoms with van der Waals surface area (Å²) in [5.41, 5.74) is 1.21. The molecule has 0 amide bonds. The summed E-state index contributed by atoms with van der Waals surface area (Å²) in [6, 6.07) is 10.6. The summed E-state index contributed by atoms with van der Waals surface area (Å²) in [5.74, 6) is -2.31. The van der Waals surface area contributed by atoms with E-state index in [1.54, 1.807) is 12.1 Å². The van der Waals surface area contributed by atoms with Gasteiger partial charge in [0.05, 0.1) is 6.04 Å². The van der Waals surface area contributed by atoms with Crippen molar-refractivity contribution in [1.29, 1.82) is 0 Å². The normalized spacial score (nSPS) is 17.7. The van der Waals surface area contributed by atoms with Crippen LogP contribution in [0.1, 0.15) is 17.3 Å². The van der Waals surface area contributed by atoms with E-state index < -0.39 is 38.4 Å². The molecule has 0 spiro atoms. The van der Waals surface area contributed by atoms with Crippen LogP contribution in [-0.4, -0.2) is 23.8 Å². The minimum absolute atomic E-state index is 0.0714. The second-order valence-corrected chi connectivity index (χ2v) is 8.13. The maximum atomic E-state index is 14.2. The van der Waals surface area contributed by atoms with Crippen LogP contribution >= 0.6 is 0 Å². The van der Waals surface area contributed by atoms with Crippen LogP contribution in [0.3, 0.4) is 0 Å². The molecule has 0 saturated carbocycles. The molecule has 0 radical (unpaired) electrons. The molecule has 3 aromatic rings. The van der Waals surface area contributed by atoms with Crippen LogP contribution in [0.5, 0.6) is 0 Å². The van der Waals surface area contributed by atoms with Crippen LogP contribution in [-0.2, 0) is 16.6 Å². The molecule has 0 bridgehead atoms. The highest BCUT2D eigenvalue weighted by atomic mass is 32.2. The number of nitrogens with zero attached hydrogens (tertiary/aromatic N) is 2. The van der Waals surface area contributed by atoms with E-state index in [1.807, 2.05) is 10.8 Å². The van der Waals surface area contributed by atoms with Gasteiger partial charge in [0.2, 0.25) is 10.0 Å². The van der Waals surface area contributed by atoms with Gasteiger partial charge in [-0.05, 0) is 48.0 Å². The highest BCUT2D eigenvalue weighted by Crippen LogP contribution is 2.37. The minimum Gasteiger partial charge on any atom is -0.348 e. The minimum atomic E-state index is -4.33. The van der Waals surface area contributed by atoms with E-state index in [4.69, 9.17) is 0 Å². The monoisotopic (exact) mass is 392 g/mol. The summed E-state index contributed by atoms with van der Waals surface area (Å²) in [5, 5.41) is 0. The van der Waals surface area contributed by atoms with Crippen molar-refractivity contribution in [2.45, 2.75) is 17.5 Å². The Balaban J connectivity index is 1.87. The van der Waals surface area contributed by atoms with Gasteiger partial charge in [-0.15, -0.1) is 0 Å². The van der Waals surface area contributed by atoms with Gasteiger partial charge in [0.1, 0.15) is 22.3 Å². The van der Waals surface area contributed by atoms with E-state index in [1.165, 1.54) is 24.3 Å². The second kappa shape index (κ2) is 6.54. The van der Waals surface area contributed by atoms with Crippen LogP contribution in [0.25, 0.3) is 0 Å². The third kappa shape index (κ3) is 3.04. The van der Waals surface area contributed by atoms with E-state index >= 15 is 0 Å². The average Bonchev–Trinajstić information content (AvgIpc) is 3.12. The van der Waals surface area contributed by atoms with Crippen molar-refractivity contribution in [1.82, 2.24) is 8.87 Å². The fourth-order valence-corrected chi connectivity index (χ4v) is 5.06. The summed E-state index contributed by atoms with van der Waals surface area (Å²) in [6.45, 7) is 0.443. The van der Waals surface area contributed by atoms with Crippen molar-refractivity contribution in [3.05, 3.63) is 89.5 Å². The van der Waals surface area contributed by atoms with Gasteiger partial charge in [-0.25, -0.2) is 21.6 Å². The van der Waals surface area contributed by atoms with Gasteiger partial charge >= 0.3 is 0 Å². The maximum Gasteiger partial charge on any atom is 0.247 e. The third-order valence-corrected chi connectivity index (χ3v) is 6.54. The standard InChI is InChI=1S/C19H15F3N2O2S/c20-14-5-3-13(4-6-14)19-17-2-1-9-23(17)10-11-24(19)27(25,26)18-12-15(21)7-8-16(18)22/h1-9,12,19H,10-11H2. The summed E-state index contributed by atoms with van der Waals surface area (Å²) >= 11 is 0. The molecule has 1 aromatic heterocycles. The predicted molar refractivity (Wildman–Crippen MR) is 92.9 cm³/mol. The van der Waals surface area contributed by atoms with Crippen LogP contribution in [0.2, 0.25) is 0 Å². The Morgan fingerprint density at radius 1 is 0.889 bits per heavy atom. The zero-order valence-electron chi connectivity index (χ0n) is 14.0. The number of aromatic nitrogens is 1. The van der Waals surface area contributed by atoms with Crippen molar-refractivity contribution in [3.63, 3.8) is 0 Å². The molecule has 0 N–H and O–H groups in total. The maximum absolute atomic E-state index is 14.2. The first-order chi connectivity index (χ1) is 12.9. The molecule has 0 saturated heterocycles. The SMILES string of the molecule is O=S(=O)(c1cc(F)ccc1F)N1CCn2cccc2C1c1ccc(F)cc1. The van der Waals surface area contributed by atoms with Gasteiger partial charge in [-0.1, -0.05) is 12.1 Å². The quantitative estimate of drug-likeness (QED) is 0.682. The van der Waals surface area contributed by atoms with Crippen LogP contribution in [0.15, 0.2) is 65.7 Å². The molecular weight excluding hydrogens is 377 g/mol. The van der Waals surface area contributed by atoms with Crippen molar-refractivity contribution < 1.29 is 21.6 Å². The first kappa shape index (κ1) is 17.8. The first-order valence-electron chi connectivity index (χ1n) is 8.25. The van der Waals surface area contributed by atoms with Gasteiger partial charge in [0, 0.05) is 25.0 Å². The molecule has 140 valence electrons. The van der Waals surface area contributed by atoms with E-state index in [-0.39, 0.29) is 6.54 Å². The number of rotatable bonds is 3. The van der Waals surface area contributed by atoms with Gasteiger partial charge in [-0.2, -0.15) is 4.31 Å². The van der Waals surface area contributed by atoms with Crippen molar-refractivity contribution in [2.75, 3.05) is 6.54 Å². The molecule has 1 aliphatic heterocycles. The summed E-state index contributed by atoms with van der Waals surface area (Å²) < 4.78 is 70.5. The Morgan fingerprint density at radius 3 is 2.33 bits per heavy atom. The molecule has 1 unspecified atom stereocenters. The molecule has 1 atom stereocenters. The molecule has 1 aliphatic rings.